The van der Waals surface area contributed by atoms with Crippen molar-refractivity contribution >= 4 is 23.3 Å². The predicted molar refractivity (Wildman–Crippen MR) is 77.2 cm³/mol. The molecule has 20 heavy (non-hydrogen) atoms. The van der Waals surface area contributed by atoms with Gasteiger partial charge in [0.05, 0.1) is 12.6 Å². The normalized spacial score (nSPS) is 30.4. The Morgan fingerprint density at radius 3 is 3.00 bits per heavy atom. The van der Waals surface area contributed by atoms with E-state index in [0.717, 1.165) is 11.3 Å². The summed E-state index contributed by atoms with van der Waals surface area (Å²) in [5.74, 6) is -0.0379. The Balaban J connectivity index is 2.08. The SMILES string of the molecule is CCOC(=O)[C@H]1[C@H]2NC(=S)N[C@@]1(C)Oc1ccccc12. The largest absolute Gasteiger partial charge is 0.467 e. The van der Waals surface area contributed by atoms with Gasteiger partial charge in [-0.15, -0.1) is 0 Å². The van der Waals surface area contributed by atoms with E-state index in [-0.39, 0.29) is 12.0 Å². The van der Waals surface area contributed by atoms with Crippen molar-refractivity contribution < 1.29 is 14.3 Å². The fourth-order valence-corrected chi connectivity index (χ4v) is 3.21. The van der Waals surface area contributed by atoms with Gasteiger partial charge in [0.25, 0.3) is 0 Å². The molecule has 0 saturated carbocycles. The molecule has 0 radical (unpaired) electrons. The fraction of sp³-hybridized carbons (Fsp3) is 0.429. The van der Waals surface area contributed by atoms with Crippen molar-refractivity contribution in [3.05, 3.63) is 29.8 Å². The van der Waals surface area contributed by atoms with E-state index in [1.54, 1.807) is 6.92 Å². The molecule has 0 amide bonds. The second-order valence-electron chi connectivity index (χ2n) is 5.05. The van der Waals surface area contributed by atoms with Gasteiger partial charge in [-0.2, -0.15) is 0 Å². The Labute approximate surface area is 122 Å². The molecule has 3 atom stereocenters. The lowest BCUT2D eigenvalue weighted by molar-refractivity contribution is -0.161. The van der Waals surface area contributed by atoms with Gasteiger partial charge in [0.1, 0.15) is 11.7 Å². The molecule has 0 aromatic heterocycles. The van der Waals surface area contributed by atoms with Crippen molar-refractivity contribution in [1.29, 1.82) is 0 Å². The molecule has 2 aliphatic heterocycles. The van der Waals surface area contributed by atoms with E-state index >= 15 is 0 Å². The average Bonchev–Trinajstić information content (AvgIpc) is 2.37. The Morgan fingerprint density at radius 1 is 1.50 bits per heavy atom. The number of hydrogen-bond donors (Lipinski definition) is 2. The van der Waals surface area contributed by atoms with Crippen LogP contribution in [0, 0.1) is 5.92 Å². The third kappa shape index (κ3) is 1.91. The zero-order valence-electron chi connectivity index (χ0n) is 11.3. The molecule has 1 aromatic rings. The van der Waals surface area contributed by atoms with Crippen molar-refractivity contribution in [3.63, 3.8) is 0 Å². The first-order valence-corrected chi connectivity index (χ1v) is 6.99. The van der Waals surface area contributed by atoms with Crippen LogP contribution in [0.1, 0.15) is 25.5 Å². The Kier molecular flexibility index (Phi) is 3.05. The highest BCUT2D eigenvalue weighted by atomic mass is 32.1. The van der Waals surface area contributed by atoms with Crippen molar-refractivity contribution in [2.45, 2.75) is 25.6 Å². The smallest absolute Gasteiger partial charge is 0.317 e. The molecule has 1 aromatic carbocycles. The maximum absolute atomic E-state index is 12.3. The van der Waals surface area contributed by atoms with Gasteiger partial charge in [0, 0.05) is 5.56 Å². The maximum Gasteiger partial charge on any atom is 0.317 e. The van der Waals surface area contributed by atoms with Gasteiger partial charge in [0.15, 0.2) is 10.8 Å². The molecule has 2 N–H and O–H groups in total. The molecule has 3 rings (SSSR count). The van der Waals surface area contributed by atoms with Crippen LogP contribution in [0.15, 0.2) is 24.3 Å². The van der Waals surface area contributed by atoms with Crippen LogP contribution >= 0.6 is 12.2 Å². The first kappa shape index (κ1) is 13.2. The summed E-state index contributed by atoms with van der Waals surface area (Å²) < 4.78 is 11.2. The van der Waals surface area contributed by atoms with Crippen LogP contribution in [0.25, 0.3) is 0 Å². The number of hydrogen-bond acceptors (Lipinski definition) is 4. The molecular formula is C14H16N2O3S. The number of thiocarbonyl (C=S) groups is 1. The van der Waals surface area contributed by atoms with Crippen molar-refractivity contribution in [3.8, 4) is 5.75 Å². The first-order chi connectivity index (χ1) is 9.55. The van der Waals surface area contributed by atoms with E-state index < -0.39 is 11.6 Å². The second-order valence-corrected chi connectivity index (χ2v) is 5.46. The van der Waals surface area contributed by atoms with Gasteiger partial charge >= 0.3 is 5.97 Å². The molecule has 0 unspecified atom stereocenters. The minimum Gasteiger partial charge on any atom is -0.467 e. The predicted octanol–water partition coefficient (Wildman–Crippen LogP) is 1.49. The van der Waals surface area contributed by atoms with Crippen LogP contribution in [-0.2, 0) is 9.53 Å². The monoisotopic (exact) mass is 292 g/mol. The van der Waals surface area contributed by atoms with E-state index in [4.69, 9.17) is 21.7 Å². The molecule has 5 nitrogen and oxygen atoms in total. The highest BCUT2D eigenvalue weighted by Crippen LogP contribution is 2.44. The van der Waals surface area contributed by atoms with E-state index in [1.807, 2.05) is 31.2 Å². The van der Waals surface area contributed by atoms with Gasteiger partial charge in [-0.3, -0.25) is 4.79 Å². The summed E-state index contributed by atoms with van der Waals surface area (Å²) in [4.78, 5) is 12.3. The van der Waals surface area contributed by atoms with E-state index in [9.17, 15) is 4.79 Å². The summed E-state index contributed by atoms with van der Waals surface area (Å²) in [6.45, 7) is 3.95. The molecule has 106 valence electrons. The van der Waals surface area contributed by atoms with Gasteiger partial charge < -0.3 is 20.1 Å². The van der Waals surface area contributed by atoms with Gasteiger partial charge in [-0.05, 0) is 32.1 Å². The summed E-state index contributed by atoms with van der Waals surface area (Å²) >= 11 is 5.21. The molecule has 1 fully saturated rings. The van der Waals surface area contributed by atoms with Crippen LogP contribution in [0.3, 0.4) is 0 Å². The quantitative estimate of drug-likeness (QED) is 0.636. The van der Waals surface area contributed by atoms with Crippen LogP contribution in [-0.4, -0.2) is 23.4 Å². The number of esters is 1. The molecule has 0 spiro atoms. The van der Waals surface area contributed by atoms with Crippen LogP contribution in [0.5, 0.6) is 5.75 Å². The van der Waals surface area contributed by atoms with Gasteiger partial charge in [-0.1, -0.05) is 18.2 Å². The molecule has 6 heteroatoms. The van der Waals surface area contributed by atoms with Crippen molar-refractivity contribution in [2.75, 3.05) is 6.61 Å². The summed E-state index contributed by atoms with van der Waals surface area (Å²) in [6.07, 6.45) is 0. The number of ether oxygens (including phenoxy) is 2. The topological polar surface area (TPSA) is 59.6 Å². The van der Waals surface area contributed by atoms with Gasteiger partial charge in [-0.25, -0.2) is 0 Å². The zero-order valence-corrected chi connectivity index (χ0v) is 12.1. The molecule has 2 aliphatic rings. The van der Waals surface area contributed by atoms with Crippen molar-refractivity contribution in [1.82, 2.24) is 10.6 Å². The average molecular weight is 292 g/mol. The number of rotatable bonds is 2. The van der Waals surface area contributed by atoms with Crippen LogP contribution in [0.4, 0.5) is 0 Å². The molecule has 1 saturated heterocycles. The zero-order chi connectivity index (χ0) is 14.3. The summed E-state index contributed by atoms with van der Waals surface area (Å²) in [5.41, 5.74) is 0.0278. The van der Waals surface area contributed by atoms with E-state index in [1.165, 1.54) is 0 Å². The minimum absolute atomic E-state index is 0.238. The minimum atomic E-state index is -0.895. The molecular weight excluding hydrogens is 276 g/mol. The summed E-state index contributed by atoms with van der Waals surface area (Å²) in [5, 5.41) is 6.69. The number of para-hydroxylation sites is 1. The maximum atomic E-state index is 12.3. The van der Waals surface area contributed by atoms with E-state index in [2.05, 4.69) is 10.6 Å². The molecule has 0 aliphatic carbocycles. The lowest BCUT2D eigenvalue weighted by atomic mass is 9.80. The lowest BCUT2D eigenvalue weighted by Gasteiger charge is -2.50. The fourth-order valence-electron chi connectivity index (χ4n) is 2.88. The summed E-state index contributed by atoms with van der Waals surface area (Å²) in [6, 6.07) is 7.41. The lowest BCUT2D eigenvalue weighted by Crippen LogP contribution is -2.70. The Bertz CT molecular complexity index is 577. The van der Waals surface area contributed by atoms with Gasteiger partial charge in [0.2, 0.25) is 0 Å². The number of carbonyl (C=O) groups excluding carboxylic acids is 1. The standard InChI is InChI=1S/C14H16N2O3S/c1-3-18-12(17)10-11-8-6-4-5-7-9(8)19-14(10,2)16-13(20)15-11/h4-7,10-11H,3H2,1-2H3,(H2,15,16,20)/t10-,11+,14+/m1/s1. The third-order valence-electron chi connectivity index (χ3n) is 3.69. The number of benzene rings is 1. The van der Waals surface area contributed by atoms with Crippen LogP contribution in [0.2, 0.25) is 0 Å². The second kappa shape index (κ2) is 4.63. The Morgan fingerprint density at radius 2 is 2.25 bits per heavy atom. The number of carbonyl (C=O) groups is 1. The first-order valence-electron chi connectivity index (χ1n) is 6.58. The highest BCUT2D eigenvalue weighted by molar-refractivity contribution is 7.80. The number of fused-ring (bicyclic) bond motifs is 4. The summed E-state index contributed by atoms with van der Waals surface area (Å²) in [7, 11) is 0. The van der Waals surface area contributed by atoms with E-state index in [0.29, 0.717) is 11.7 Å². The van der Waals surface area contributed by atoms with Crippen LogP contribution < -0.4 is 15.4 Å². The van der Waals surface area contributed by atoms with Crippen molar-refractivity contribution in [2.24, 2.45) is 5.92 Å². The number of nitrogens with one attached hydrogen (secondary N) is 2. The Hall–Kier alpha value is -1.82. The highest BCUT2D eigenvalue weighted by Gasteiger charge is 2.55. The molecule has 2 bridgehead atoms. The third-order valence-corrected chi connectivity index (χ3v) is 3.91. The molecule has 2 heterocycles.